The number of nitrogens with zero attached hydrogens (tertiary/aromatic N) is 3. The van der Waals surface area contributed by atoms with Crippen molar-refractivity contribution in [2.45, 2.75) is 65.1 Å². The first-order chi connectivity index (χ1) is 21.1. The molecule has 0 spiro atoms. The molecule has 2 amide bonds. The predicted octanol–water partition coefficient (Wildman–Crippen LogP) is 5.89. The number of nitrogens with one attached hydrogen (secondary N) is 2. The maximum atomic E-state index is 13.6. The minimum absolute atomic E-state index is 0.0538. The van der Waals surface area contributed by atoms with Crippen molar-refractivity contribution in [1.29, 1.82) is 0 Å². The summed E-state index contributed by atoms with van der Waals surface area (Å²) in [4.78, 5) is 43.6. The van der Waals surface area contributed by atoms with Gasteiger partial charge in [0.1, 0.15) is 22.7 Å². The number of esters is 1. The van der Waals surface area contributed by atoms with E-state index in [0.29, 0.717) is 24.0 Å². The molecule has 2 aromatic heterocycles. The van der Waals surface area contributed by atoms with Crippen molar-refractivity contribution < 1.29 is 37.0 Å². The summed E-state index contributed by atoms with van der Waals surface area (Å²) in [6, 6.07) is 9.72. The van der Waals surface area contributed by atoms with E-state index in [9.17, 15) is 27.6 Å². The number of fused-ring (bicyclic) bond motifs is 2. The summed E-state index contributed by atoms with van der Waals surface area (Å²) in [5, 5.41) is 9.52. The number of hydrogen-bond acceptors (Lipinski definition) is 7. The van der Waals surface area contributed by atoms with Gasteiger partial charge in [-0.15, -0.1) is 13.2 Å². The molecule has 0 radical (unpaired) electrons. The Balaban J connectivity index is 1.33. The Labute approximate surface area is 260 Å². The van der Waals surface area contributed by atoms with Crippen molar-refractivity contribution in [3.05, 3.63) is 92.9 Å². The second-order valence-electron chi connectivity index (χ2n) is 11.5. The lowest BCUT2D eigenvalue weighted by atomic mass is 9.97. The zero-order valence-electron chi connectivity index (χ0n) is 24.7. The van der Waals surface area contributed by atoms with E-state index in [4.69, 9.17) is 16.3 Å². The average molecular weight is 644 g/mol. The lowest BCUT2D eigenvalue weighted by Gasteiger charge is -2.21. The van der Waals surface area contributed by atoms with E-state index in [2.05, 4.69) is 25.5 Å². The highest BCUT2D eigenvalue weighted by atomic mass is 35.5. The molecule has 45 heavy (non-hydrogen) atoms. The number of carbonyl (C=O) groups excluding carboxylic acids is 3. The summed E-state index contributed by atoms with van der Waals surface area (Å²) < 4.78 is 48.8. The smallest absolute Gasteiger partial charge is 0.456 e. The van der Waals surface area contributed by atoms with Gasteiger partial charge < -0.3 is 20.1 Å². The van der Waals surface area contributed by atoms with Gasteiger partial charge in [-0.3, -0.25) is 9.59 Å². The number of aromatic nitrogens is 3. The third-order valence-corrected chi connectivity index (χ3v) is 7.43. The molecule has 2 N–H and O–H groups in total. The van der Waals surface area contributed by atoms with Crippen molar-refractivity contribution in [2.75, 3.05) is 0 Å². The van der Waals surface area contributed by atoms with Crippen LogP contribution in [0.25, 0.3) is 5.65 Å². The molecule has 1 atom stereocenters. The molecule has 0 fully saturated rings. The monoisotopic (exact) mass is 643 g/mol. The quantitative estimate of drug-likeness (QED) is 0.241. The van der Waals surface area contributed by atoms with E-state index < -0.39 is 35.5 Å². The standard InChI is InChI=1S/C31H29ClF3N5O5/c1-16-18-8-10-22(20(18)7-6-19(16)29(43)45-30(2,3)4)39-28(42)24-14-23(38-26-11-12-37-40(24)26)27(41)36-15-17-5-9-21(32)25(13-17)44-31(33,34)35/h5-7,9,11-14,22H,8,10,15H2,1-4H3,(H,36,41)(H,39,42)/t22-/m0/s1. The highest BCUT2D eigenvalue weighted by Gasteiger charge is 2.32. The first-order valence-electron chi connectivity index (χ1n) is 13.9. The van der Waals surface area contributed by atoms with Crippen LogP contribution in [0, 0.1) is 6.92 Å². The summed E-state index contributed by atoms with van der Waals surface area (Å²) >= 11 is 5.80. The third-order valence-electron chi connectivity index (χ3n) is 7.12. The predicted molar refractivity (Wildman–Crippen MR) is 157 cm³/mol. The van der Waals surface area contributed by atoms with Crippen molar-refractivity contribution in [1.82, 2.24) is 25.2 Å². The summed E-state index contributed by atoms with van der Waals surface area (Å²) in [6.07, 6.45) is -2.26. The molecule has 10 nitrogen and oxygen atoms in total. The van der Waals surface area contributed by atoms with E-state index in [-0.39, 0.29) is 34.6 Å². The third kappa shape index (κ3) is 7.19. The fourth-order valence-corrected chi connectivity index (χ4v) is 5.30. The van der Waals surface area contributed by atoms with Gasteiger partial charge in [0.15, 0.2) is 5.65 Å². The van der Waals surface area contributed by atoms with Gasteiger partial charge in [-0.2, -0.15) is 5.10 Å². The van der Waals surface area contributed by atoms with Crippen molar-refractivity contribution in [3.63, 3.8) is 0 Å². The number of rotatable bonds is 7. The number of alkyl halides is 3. The van der Waals surface area contributed by atoms with Gasteiger partial charge in [-0.25, -0.2) is 14.3 Å². The van der Waals surface area contributed by atoms with E-state index in [1.54, 1.807) is 26.8 Å². The van der Waals surface area contributed by atoms with Crippen LogP contribution in [0.15, 0.2) is 48.7 Å². The van der Waals surface area contributed by atoms with Gasteiger partial charge >= 0.3 is 12.3 Å². The zero-order chi connectivity index (χ0) is 32.7. The van der Waals surface area contributed by atoms with Gasteiger partial charge in [0.25, 0.3) is 11.8 Å². The number of ether oxygens (including phenoxy) is 2. The Hall–Kier alpha value is -4.65. The molecule has 4 aromatic rings. The summed E-state index contributed by atoms with van der Waals surface area (Å²) in [5.74, 6) is -2.18. The molecule has 14 heteroatoms. The lowest BCUT2D eigenvalue weighted by molar-refractivity contribution is -0.274. The first-order valence-corrected chi connectivity index (χ1v) is 14.3. The summed E-state index contributed by atoms with van der Waals surface area (Å²) in [5.41, 5.74) is 2.97. The number of halogens is 4. The molecule has 0 saturated carbocycles. The highest BCUT2D eigenvalue weighted by Crippen LogP contribution is 2.35. The second kappa shape index (κ2) is 12.0. The topological polar surface area (TPSA) is 124 Å². The van der Waals surface area contributed by atoms with Crippen molar-refractivity contribution >= 4 is 35.0 Å². The summed E-state index contributed by atoms with van der Waals surface area (Å²) in [7, 11) is 0. The average Bonchev–Trinajstić information content (AvgIpc) is 3.58. The maximum Gasteiger partial charge on any atom is 0.573 e. The normalized spacial score (nSPS) is 14.6. The maximum absolute atomic E-state index is 13.6. The fraction of sp³-hybridized carbons (Fsp3) is 0.323. The minimum atomic E-state index is -4.94. The SMILES string of the molecule is Cc1c(C(=O)OC(C)(C)C)ccc2c1CC[C@@H]2NC(=O)c1cc(C(=O)NCc2ccc(Cl)c(OC(F)(F)F)c2)nc2ccnn12. The van der Waals surface area contributed by atoms with Crippen molar-refractivity contribution in [2.24, 2.45) is 0 Å². The molecular weight excluding hydrogens is 615 g/mol. The molecule has 0 saturated heterocycles. The highest BCUT2D eigenvalue weighted by molar-refractivity contribution is 6.32. The van der Waals surface area contributed by atoms with Crippen LogP contribution in [0.1, 0.15) is 86.8 Å². The molecule has 1 aliphatic rings. The Kier molecular flexibility index (Phi) is 8.49. The summed E-state index contributed by atoms with van der Waals surface area (Å²) in [6.45, 7) is 7.10. The largest absolute Gasteiger partial charge is 0.573 e. The molecule has 2 heterocycles. The Morgan fingerprint density at radius 3 is 2.53 bits per heavy atom. The molecule has 0 bridgehead atoms. The van der Waals surface area contributed by atoms with Gasteiger partial charge in [-0.1, -0.05) is 23.7 Å². The lowest BCUT2D eigenvalue weighted by Crippen LogP contribution is -2.30. The van der Waals surface area contributed by atoms with Gasteiger partial charge in [0.2, 0.25) is 0 Å². The second-order valence-corrected chi connectivity index (χ2v) is 11.9. The van der Waals surface area contributed by atoms with Crippen LogP contribution in [0.4, 0.5) is 13.2 Å². The molecule has 1 aliphatic carbocycles. The van der Waals surface area contributed by atoms with Gasteiger partial charge in [-0.05, 0) is 81.0 Å². The van der Waals surface area contributed by atoms with Crippen LogP contribution in [-0.4, -0.2) is 44.3 Å². The number of carbonyl (C=O) groups is 3. The van der Waals surface area contributed by atoms with Crippen LogP contribution < -0.4 is 15.4 Å². The van der Waals surface area contributed by atoms with E-state index in [0.717, 1.165) is 22.8 Å². The fourth-order valence-electron chi connectivity index (χ4n) is 5.14. The zero-order valence-corrected chi connectivity index (χ0v) is 25.5. The van der Waals surface area contributed by atoms with Crippen LogP contribution in [0.2, 0.25) is 5.02 Å². The van der Waals surface area contributed by atoms with Crippen LogP contribution in [0.3, 0.4) is 0 Å². The van der Waals surface area contributed by atoms with Gasteiger partial charge in [0.05, 0.1) is 22.8 Å². The minimum Gasteiger partial charge on any atom is -0.456 e. The Morgan fingerprint density at radius 1 is 1.07 bits per heavy atom. The number of benzene rings is 2. The van der Waals surface area contributed by atoms with Crippen LogP contribution >= 0.6 is 11.6 Å². The molecule has 2 aromatic carbocycles. The molecule has 0 aliphatic heterocycles. The van der Waals surface area contributed by atoms with Crippen molar-refractivity contribution in [3.8, 4) is 5.75 Å². The van der Waals surface area contributed by atoms with E-state index in [1.165, 1.54) is 35.0 Å². The molecule has 236 valence electrons. The Bertz CT molecular complexity index is 1820. The van der Waals surface area contributed by atoms with E-state index >= 15 is 0 Å². The molecular formula is C31H29ClF3N5O5. The Morgan fingerprint density at radius 2 is 1.82 bits per heavy atom. The van der Waals surface area contributed by atoms with Crippen LogP contribution in [-0.2, 0) is 17.7 Å². The van der Waals surface area contributed by atoms with Crippen LogP contribution in [0.5, 0.6) is 5.75 Å². The first kappa shape index (κ1) is 31.8. The molecule has 5 rings (SSSR count). The number of amides is 2. The van der Waals surface area contributed by atoms with E-state index in [1.807, 2.05) is 13.0 Å². The molecule has 0 unspecified atom stereocenters. The number of hydrogen-bond donors (Lipinski definition) is 2. The van der Waals surface area contributed by atoms with Gasteiger partial charge in [0, 0.05) is 18.7 Å².